The minimum absolute atomic E-state index is 0.112. The molecule has 0 radical (unpaired) electrons. The molecule has 3 aromatic heterocycles. The van der Waals surface area contributed by atoms with Crippen molar-refractivity contribution in [3.63, 3.8) is 0 Å². The topological polar surface area (TPSA) is 108 Å². The molecule has 4 heterocycles. The molecule has 1 aliphatic rings. The summed E-state index contributed by atoms with van der Waals surface area (Å²) in [7, 11) is 3.12. The number of nitrogens with zero attached hydrogens (tertiary/aromatic N) is 6. The van der Waals surface area contributed by atoms with Crippen molar-refractivity contribution in [1.29, 1.82) is 0 Å². The van der Waals surface area contributed by atoms with E-state index in [4.69, 9.17) is 13.9 Å². The summed E-state index contributed by atoms with van der Waals surface area (Å²) < 4.78 is 16.2. The summed E-state index contributed by atoms with van der Waals surface area (Å²) in [6, 6.07) is 12.6. The average molecular weight is 465 g/mol. The monoisotopic (exact) mass is 464 g/mol. The summed E-state index contributed by atoms with van der Waals surface area (Å²) in [5.41, 5.74) is 1.54. The maximum Gasteiger partial charge on any atom is 0.267 e. The Morgan fingerprint density at radius 1 is 1.18 bits per heavy atom. The highest BCUT2D eigenvalue weighted by atomic mass is 32.1. The van der Waals surface area contributed by atoms with Gasteiger partial charge in [0, 0.05) is 12.0 Å². The van der Waals surface area contributed by atoms with Crippen LogP contribution in [-0.2, 0) is 11.3 Å². The molecular formula is C22H20N6O4S. The number of carbonyl (C=O) groups excluding carboxylic acids is 1. The zero-order valence-electron chi connectivity index (χ0n) is 17.9. The lowest BCUT2D eigenvalue weighted by atomic mass is 10.1. The fraction of sp³-hybridized carbons (Fsp3) is 0.227. The van der Waals surface area contributed by atoms with Crippen LogP contribution in [0.15, 0.2) is 63.6 Å². The molecule has 0 bridgehead atoms. The first-order chi connectivity index (χ1) is 16.2. The predicted molar refractivity (Wildman–Crippen MR) is 120 cm³/mol. The van der Waals surface area contributed by atoms with E-state index in [1.165, 1.54) is 9.81 Å². The largest absolute Gasteiger partial charge is 0.493 e. The van der Waals surface area contributed by atoms with Crippen LogP contribution in [0, 0.1) is 0 Å². The van der Waals surface area contributed by atoms with Crippen LogP contribution in [0.5, 0.6) is 11.5 Å². The molecule has 0 aliphatic carbocycles. The maximum atomic E-state index is 13.2. The van der Waals surface area contributed by atoms with Gasteiger partial charge >= 0.3 is 0 Å². The zero-order valence-corrected chi connectivity index (χ0v) is 18.7. The molecule has 0 spiro atoms. The van der Waals surface area contributed by atoms with E-state index < -0.39 is 0 Å². The third kappa shape index (κ3) is 4.10. The fourth-order valence-electron chi connectivity index (χ4n) is 3.63. The van der Waals surface area contributed by atoms with Gasteiger partial charge in [-0.05, 0) is 47.0 Å². The second-order valence-electron chi connectivity index (χ2n) is 7.21. The predicted octanol–water partition coefficient (Wildman–Crippen LogP) is 3.39. The number of rotatable bonds is 7. The summed E-state index contributed by atoms with van der Waals surface area (Å²) in [6.45, 7) is -0.112. The lowest BCUT2D eigenvalue weighted by Crippen LogP contribution is -2.31. The Morgan fingerprint density at radius 2 is 2.06 bits per heavy atom. The van der Waals surface area contributed by atoms with Crippen molar-refractivity contribution >= 4 is 23.0 Å². The van der Waals surface area contributed by atoms with Gasteiger partial charge in [0.05, 0.1) is 31.1 Å². The van der Waals surface area contributed by atoms with Crippen molar-refractivity contribution in [3.05, 3.63) is 64.7 Å². The Kier molecular flexibility index (Phi) is 5.61. The number of ether oxygens (including phenoxy) is 2. The maximum absolute atomic E-state index is 13.2. The zero-order chi connectivity index (χ0) is 22.8. The highest BCUT2D eigenvalue weighted by molar-refractivity contribution is 7.12. The quantitative estimate of drug-likeness (QED) is 0.412. The molecule has 0 fully saturated rings. The second kappa shape index (κ2) is 8.87. The van der Waals surface area contributed by atoms with Crippen molar-refractivity contribution in [2.24, 2.45) is 5.10 Å². The number of benzene rings is 1. The number of amides is 1. The minimum Gasteiger partial charge on any atom is -0.493 e. The number of aromatic nitrogens is 4. The van der Waals surface area contributed by atoms with Gasteiger partial charge in [-0.3, -0.25) is 4.79 Å². The molecule has 4 aromatic rings. The number of hydrogen-bond acceptors (Lipinski definition) is 9. The molecule has 0 N–H and O–H groups in total. The summed E-state index contributed by atoms with van der Waals surface area (Å²) in [5.74, 6) is 1.93. The number of thiophene rings is 1. The average Bonchev–Trinajstić information content (AvgIpc) is 3.63. The van der Waals surface area contributed by atoms with Gasteiger partial charge < -0.3 is 13.9 Å². The molecule has 0 saturated heterocycles. The van der Waals surface area contributed by atoms with Crippen LogP contribution < -0.4 is 9.47 Å². The number of hydrazone groups is 1. The van der Waals surface area contributed by atoms with Crippen LogP contribution in [0.25, 0.3) is 11.4 Å². The van der Waals surface area contributed by atoms with Crippen LogP contribution in [-0.4, -0.2) is 51.1 Å². The van der Waals surface area contributed by atoms with Crippen molar-refractivity contribution in [1.82, 2.24) is 25.2 Å². The van der Waals surface area contributed by atoms with E-state index in [0.29, 0.717) is 35.1 Å². The molecule has 33 heavy (non-hydrogen) atoms. The molecule has 0 unspecified atom stereocenters. The normalized spacial score (nSPS) is 15.5. The van der Waals surface area contributed by atoms with E-state index in [2.05, 4.69) is 20.5 Å². The Hall–Kier alpha value is -3.99. The fourth-order valence-corrected chi connectivity index (χ4v) is 4.35. The number of methoxy groups -OCH3 is 2. The van der Waals surface area contributed by atoms with Crippen molar-refractivity contribution < 1.29 is 18.7 Å². The van der Waals surface area contributed by atoms with E-state index >= 15 is 0 Å². The Bertz CT molecular complexity index is 1280. The molecule has 168 valence electrons. The van der Waals surface area contributed by atoms with E-state index in [0.717, 1.165) is 10.6 Å². The summed E-state index contributed by atoms with van der Waals surface area (Å²) in [6.07, 6.45) is 2.16. The number of furan rings is 1. The Morgan fingerprint density at radius 3 is 2.79 bits per heavy atom. The SMILES string of the molecule is COc1ccc(-c2nnn(CC(=O)N3N=C(c4cccs4)C[C@@H]3c3ccco3)n2)cc1OC. The lowest BCUT2D eigenvalue weighted by molar-refractivity contribution is -0.134. The van der Waals surface area contributed by atoms with E-state index in [1.807, 2.05) is 23.6 Å². The second-order valence-corrected chi connectivity index (χ2v) is 8.16. The van der Waals surface area contributed by atoms with E-state index in [9.17, 15) is 4.79 Å². The highest BCUT2D eigenvalue weighted by Gasteiger charge is 2.35. The molecule has 10 nitrogen and oxygen atoms in total. The Balaban J connectivity index is 1.37. The van der Waals surface area contributed by atoms with Gasteiger partial charge in [0.25, 0.3) is 5.91 Å². The van der Waals surface area contributed by atoms with Gasteiger partial charge in [0.1, 0.15) is 18.3 Å². The third-order valence-corrected chi connectivity index (χ3v) is 6.13. The number of tetrazole rings is 1. The summed E-state index contributed by atoms with van der Waals surface area (Å²) >= 11 is 1.59. The standard InChI is InChI=1S/C22H20N6O4S/c1-30-18-8-7-14(11-19(18)31-2)22-23-26-27(25-22)13-21(29)28-16(17-5-3-9-32-17)12-15(24-28)20-6-4-10-33-20/h3-11,16H,12-13H2,1-2H3/t16-/m1/s1. The molecule has 1 atom stereocenters. The molecule has 11 heteroatoms. The minimum atomic E-state index is -0.321. The number of hydrogen-bond donors (Lipinski definition) is 0. The van der Waals surface area contributed by atoms with Gasteiger partial charge in [0.2, 0.25) is 5.82 Å². The van der Waals surface area contributed by atoms with Gasteiger partial charge in [-0.1, -0.05) is 6.07 Å². The summed E-state index contributed by atoms with van der Waals surface area (Å²) in [5, 5.41) is 20.5. The third-order valence-electron chi connectivity index (χ3n) is 5.21. The first kappa shape index (κ1) is 20.9. The highest BCUT2D eigenvalue weighted by Crippen LogP contribution is 2.34. The van der Waals surface area contributed by atoms with E-state index in [1.54, 1.807) is 56.1 Å². The van der Waals surface area contributed by atoms with Crippen LogP contribution in [0.2, 0.25) is 0 Å². The van der Waals surface area contributed by atoms with Crippen molar-refractivity contribution in [2.45, 2.75) is 19.0 Å². The molecular weight excluding hydrogens is 444 g/mol. The smallest absolute Gasteiger partial charge is 0.267 e. The van der Waals surface area contributed by atoms with Gasteiger partial charge in [-0.15, -0.1) is 21.5 Å². The molecule has 1 amide bonds. The first-order valence-corrected chi connectivity index (χ1v) is 11.0. The van der Waals surface area contributed by atoms with Crippen LogP contribution >= 0.6 is 11.3 Å². The lowest BCUT2D eigenvalue weighted by Gasteiger charge is -2.19. The molecule has 0 saturated carbocycles. The Labute approximate surface area is 193 Å². The van der Waals surface area contributed by atoms with Crippen molar-refractivity contribution in [2.75, 3.05) is 14.2 Å². The first-order valence-electron chi connectivity index (χ1n) is 10.1. The number of carbonyl (C=O) groups is 1. The van der Waals surface area contributed by atoms with Gasteiger partial charge in [-0.2, -0.15) is 9.90 Å². The van der Waals surface area contributed by atoms with Crippen molar-refractivity contribution in [3.8, 4) is 22.9 Å². The van der Waals surface area contributed by atoms with E-state index in [-0.39, 0.29) is 18.5 Å². The van der Waals surface area contributed by atoms with Crippen LogP contribution in [0.3, 0.4) is 0 Å². The molecule has 1 aliphatic heterocycles. The van der Waals surface area contributed by atoms with Crippen LogP contribution in [0.1, 0.15) is 23.1 Å². The molecule has 5 rings (SSSR count). The summed E-state index contributed by atoms with van der Waals surface area (Å²) in [4.78, 5) is 15.5. The van der Waals surface area contributed by atoms with Gasteiger partial charge in [-0.25, -0.2) is 5.01 Å². The van der Waals surface area contributed by atoms with Crippen LogP contribution in [0.4, 0.5) is 0 Å². The molecule has 1 aromatic carbocycles. The van der Waals surface area contributed by atoms with Gasteiger partial charge in [0.15, 0.2) is 11.5 Å².